The van der Waals surface area contributed by atoms with E-state index in [4.69, 9.17) is 4.74 Å². The molecule has 1 fully saturated rings. The second-order valence-corrected chi connectivity index (χ2v) is 5.53. The Morgan fingerprint density at radius 2 is 1.94 bits per heavy atom. The fourth-order valence-electron chi connectivity index (χ4n) is 3.08. The Bertz CT molecular complexity index is 185. The molecule has 1 rings (SSSR count). The number of hydrogen-bond acceptors (Lipinski definition) is 3. The van der Waals surface area contributed by atoms with Gasteiger partial charge in [0.2, 0.25) is 0 Å². The standard InChI is InChI=1S/C14H30N2O/c1-4-17-11-10-16(3)13-14(12-15-2)8-6-5-7-9-14/h15H,4-13H2,1-3H3. The summed E-state index contributed by atoms with van der Waals surface area (Å²) in [6.07, 6.45) is 7.00. The molecule has 1 N–H and O–H groups in total. The Labute approximate surface area is 107 Å². The minimum absolute atomic E-state index is 0.508. The highest BCUT2D eigenvalue weighted by Gasteiger charge is 2.32. The Morgan fingerprint density at radius 3 is 2.53 bits per heavy atom. The molecule has 3 nitrogen and oxygen atoms in total. The van der Waals surface area contributed by atoms with Gasteiger partial charge in [-0.3, -0.25) is 0 Å². The van der Waals surface area contributed by atoms with E-state index in [2.05, 4.69) is 31.2 Å². The number of nitrogens with zero attached hydrogens (tertiary/aromatic N) is 1. The maximum Gasteiger partial charge on any atom is 0.0593 e. The zero-order chi connectivity index (χ0) is 12.6. The molecular weight excluding hydrogens is 212 g/mol. The van der Waals surface area contributed by atoms with Gasteiger partial charge in [-0.05, 0) is 39.3 Å². The summed E-state index contributed by atoms with van der Waals surface area (Å²) in [4.78, 5) is 2.44. The molecule has 0 amide bonds. The van der Waals surface area contributed by atoms with Gasteiger partial charge in [-0.2, -0.15) is 0 Å². The van der Waals surface area contributed by atoms with Gasteiger partial charge in [0.25, 0.3) is 0 Å². The lowest BCUT2D eigenvalue weighted by atomic mass is 9.73. The lowest BCUT2D eigenvalue weighted by molar-refractivity contribution is 0.0823. The van der Waals surface area contributed by atoms with E-state index in [0.717, 1.165) is 26.3 Å². The highest BCUT2D eigenvalue weighted by atomic mass is 16.5. The van der Waals surface area contributed by atoms with Crippen LogP contribution in [0.2, 0.25) is 0 Å². The first-order valence-electron chi connectivity index (χ1n) is 7.13. The number of rotatable bonds is 8. The van der Waals surface area contributed by atoms with Gasteiger partial charge in [0.1, 0.15) is 0 Å². The van der Waals surface area contributed by atoms with Crippen LogP contribution >= 0.6 is 0 Å². The molecule has 0 aromatic rings. The van der Waals surface area contributed by atoms with E-state index in [1.54, 1.807) is 0 Å². The van der Waals surface area contributed by atoms with Crippen LogP contribution in [0.25, 0.3) is 0 Å². The number of hydrogen-bond donors (Lipinski definition) is 1. The first-order chi connectivity index (χ1) is 8.22. The van der Waals surface area contributed by atoms with Crippen molar-refractivity contribution in [3.8, 4) is 0 Å². The molecule has 0 atom stereocenters. The zero-order valence-electron chi connectivity index (χ0n) is 11.9. The Morgan fingerprint density at radius 1 is 1.24 bits per heavy atom. The number of nitrogens with one attached hydrogen (secondary N) is 1. The van der Waals surface area contributed by atoms with Crippen molar-refractivity contribution in [3.63, 3.8) is 0 Å². The van der Waals surface area contributed by atoms with Gasteiger partial charge in [0.05, 0.1) is 6.61 Å². The summed E-state index contributed by atoms with van der Waals surface area (Å²) in [5.41, 5.74) is 0.508. The topological polar surface area (TPSA) is 24.5 Å². The van der Waals surface area contributed by atoms with Gasteiger partial charge in [-0.1, -0.05) is 19.3 Å². The van der Waals surface area contributed by atoms with E-state index >= 15 is 0 Å². The quantitative estimate of drug-likeness (QED) is 0.660. The predicted octanol–water partition coefficient (Wildman–Crippen LogP) is 2.12. The summed E-state index contributed by atoms with van der Waals surface area (Å²) in [6.45, 7) is 7.17. The van der Waals surface area contributed by atoms with Crippen molar-refractivity contribution in [2.24, 2.45) is 5.41 Å². The zero-order valence-corrected chi connectivity index (χ0v) is 11.9. The molecule has 1 aliphatic rings. The van der Waals surface area contributed by atoms with Crippen LogP contribution in [0.1, 0.15) is 39.0 Å². The van der Waals surface area contributed by atoms with Crippen LogP contribution in [-0.2, 0) is 4.74 Å². The molecule has 0 bridgehead atoms. The fraction of sp³-hybridized carbons (Fsp3) is 1.00. The van der Waals surface area contributed by atoms with Gasteiger partial charge >= 0.3 is 0 Å². The van der Waals surface area contributed by atoms with E-state index in [1.165, 1.54) is 38.6 Å². The molecule has 0 aliphatic heterocycles. The SMILES string of the molecule is CCOCCN(C)CC1(CNC)CCCCC1. The summed E-state index contributed by atoms with van der Waals surface area (Å²) < 4.78 is 5.43. The smallest absolute Gasteiger partial charge is 0.0593 e. The van der Waals surface area contributed by atoms with Gasteiger partial charge in [0, 0.05) is 26.2 Å². The molecule has 0 heterocycles. The van der Waals surface area contributed by atoms with E-state index in [-0.39, 0.29) is 0 Å². The average Bonchev–Trinajstić information content (AvgIpc) is 2.30. The Hall–Kier alpha value is -0.120. The highest BCUT2D eigenvalue weighted by molar-refractivity contribution is 4.86. The molecule has 0 unspecified atom stereocenters. The number of likely N-dealkylation sites (N-methyl/N-ethyl adjacent to an activating group) is 1. The normalized spacial score (nSPS) is 19.8. The van der Waals surface area contributed by atoms with Crippen molar-refractivity contribution < 1.29 is 4.74 Å². The third kappa shape index (κ3) is 5.36. The molecule has 0 aromatic heterocycles. The van der Waals surface area contributed by atoms with Crippen LogP contribution in [0.15, 0.2) is 0 Å². The third-order valence-corrected chi connectivity index (χ3v) is 3.89. The Balaban J connectivity index is 2.36. The van der Waals surface area contributed by atoms with Crippen molar-refractivity contribution in [1.29, 1.82) is 0 Å². The van der Waals surface area contributed by atoms with Crippen molar-refractivity contribution >= 4 is 0 Å². The molecule has 0 aromatic carbocycles. The summed E-state index contributed by atoms with van der Waals surface area (Å²) in [5.74, 6) is 0. The molecule has 0 radical (unpaired) electrons. The monoisotopic (exact) mass is 242 g/mol. The van der Waals surface area contributed by atoms with Crippen molar-refractivity contribution in [1.82, 2.24) is 10.2 Å². The molecule has 17 heavy (non-hydrogen) atoms. The van der Waals surface area contributed by atoms with Gasteiger partial charge in [-0.15, -0.1) is 0 Å². The van der Waals surface area contributed by atoms with Crippen molar-refractivity contribution in [3.05, 3.63) is 0 Å². The van der Waals surface area contributed by atoms with Crippen LogP contribution in [0.4, 0.5) is 0 Å². The minimum Gasteiger partial charge on any atom is -0.380 e. The Kier molecular flexibility index (Phi) is 7.09. The summed E-state index contributed by atoms with van der Waals surface area (Å²) >= 11 is 0. The molecule has 0 saturated heterocycles. The lowest BCUT2D eigenvalue weighted by Gasteiger charge is -2.40. The average molecular weight is 242 g/mol. The molecule has 102 valence electrons. The predicted molar refractivity (Wildman–Crippen MR) is 73.4 cm³/mol. The molecule has 0 spiro atoms. The molecule has 1 aliphatic carbocycles. The molecular formula is C14H30N2O. The van der Waals surface area contributed by atoms with E-state index in [0.29, 0.717) is 5.41 Å². The van der Waals surface area contributed by atoms with Crippen LogP contribution in [0.5, 0.6) is 0 Å². The van der Waals surface area contributed by atoms with E-state index in [9.17, 15) is 0 Å². The van der Waals surface area contributed by atoms with E-state index in [1.807, 2.05) is 0 Å². The summed E-state index contributed by atoms with van der Waals surface area (Å²) in [6, 6.07) is 0. The van der Waals surface area contributed by atoms with Crippen molar-refractivity contribution in [2.45, 2.75) is 39.0 Å². The van der Waals surface area contributed by atoms with Crippen molar-refractivity contribution in [2.75, 3.05) is 46.9 Å². The maximum absolute atomic E-state index is 5.43. The van der Waals surface area contributed by atoms with Crippen LogP contribution in [0, 0.1) is 5.41 Å². The van der Waals surface area contributed by atoms with Crippen LogP contribution in [-0.4, -0.2) is 51.8 Å². The highest BCUT2D eigenvalue weighted by Crippen LogP contribution is 2.36. The second-order valence-electron chi connectivity index (χ2n) is 5.53. The lowest BCUT2D eigenvalue weighted by Crippen LogP contribution is -2.44. The minimum atomic E-state index is 0.508. The first-order valence-corrected chi connectivity index (χ1v) is 7.13. The van der Waals surface area contributed by atoms with Crippen LogP contribution in [0.3, 0.4) is 0 Å². The van der Waals surface area contributed by atoms with E-state index < -0.39 is 0 Å². The van der Waals surface area contributed by atoms with Gasteiger partial charge in [-0.25, -0.2) is 0 Å². The number of ether oxygens (including phenoxy) is 1. The van der Waals surface area contributed by atoms with Crippen LogP contribution < -0.4 is 5.32 Å². The van der Waals surface area contributed by atoms with Gasteiger partial charge in [0.15, 0.2) is 0 Å². The fourth-order valence-corrected chi connectivity index (χ4v) is 3.08. The summed E-state index contributed by atoms with van der Waals surface area (Å²) in [7, 11) is 4.31. The van der Waals surface area contributed by atoms with Gasteiger partial charge < -0.3 is 15.0 Å². The largest absolute Gasteiger partial charge is 0.380 e. The maximum atomic E-state index is 5.43. The third-order valence-electron chi connectivity index (χ3n) is 3.89. The molecule has 3 heteroatoms. The second kappa shape index (κ2) is 8.06. The first kappa shape index (κ1) is 14.9. The molecule has 1 saturated carbocycles. The summed E-state index contributed by atoms with van der Waals surface area (Å²) in [5, 5.41) is 3.39.